The number of hydrogen-bond acceptors (Lipinski definition) is 5. The first kappa shape index (κ1) is 20.4. The first-order valence-corrected chi connectivity index (χ1v) is 9.85. The lowest BCUT2D eigenvalue weighted by molar-refractivity contribution is 0.0543. The maximum atomic E-state index is 12.6. The molecule has 0 radical (unpaired) electrons. The van der Waals surface area contributed by atoms with Gasteiger partial charge in [-0.2, -0.15) is 5.26 Å². The molecule has 3 rings (SSSR count). The third-order valence-corrected chi connectivity index (χ3v) is 5.29. The molecule has 150 valence electrons. The van der Waals surface area contributed by atoms with Crippen LogP contribution in [-0.4, -0.2) is 47.3 Å². The van der Waals surface area contributed by atoms with Gasteiger partial charge in [0.25, 0.3) is 0 Å². The number of hydrogen-bond donors (Lipinski definition) is 1. The van der Waals surface area contributed by atoms with Gasteiger partial charge in [-0.3, -0.25) is 0 Å². The zero-order chi connectivity index (χ0) is 20.5. The Labute approximate surface area is 167 Å². The summed E-state index contributed by atoms with van der Waals surface area (Å²) in [6.07, 6.45) is 3.07. The zero-order valence-electron chi connectivity index (χ0n) is 17.5. The molecule has 0 amide bonds. The average molecular weight is 383 g/mol. The third kappa shape index (κ3) is 4.54. The fourth-order valence-electron chi connectivity index (χ4n) is 3.84. The number of aromatic nitrogens is 1. The van der Waals surface area contributed by atoms with E-state index >= 15 is 0 Å². The molecule has 0 spiro atoms. The van der Waals surface area contributed by atoms with Gasteiger partial charge in [-0.1, -0.05) is 6.07 Å². The Kier molecular flexibility index (Phi) is 5.78. The van der Waals surface area contributed by atoms with E-state index in [1.807, 2.05) is 39.0 Å². The Morgan fingerprint density at radius 2 is 2.07 bits per heavy atom. The lowest BCUT2D eigenvalue weighted by Gasteiger charge is -2.20. The Bertz CT molecular complexity index is 902. The molecular weight excluding hydrogens is 352 g/mol. The minimum absolute atomic E-state index is 0.291. The molecule has 0 unspecified atom stereocenters. The second-order valence-electron chi connectivity index (χ2n) is 8.86. The molecule has 2 aromatic rings. The molecular formula is C22H30N4O2. The smallest absolute Gasteiger partial charge is 0.420 e. The Hall–Kier alpha value is -2.36. The lowest BCUT2D eigenvalue weighted by Crippen LogP contribution is -2.30. The number of rotatable bonds is 4. The molecule has 1 aromatic carbocycles. The predicted octanol–water partition coefficient (Wildman–Crippen LogP) is 3.87. The molecule has 1 aliphatic rings. The highest BCUT2D eigenvalue weighted by atomic mass is 16.6. The molecule has 1 aliphatic carbocycles. The minimum Gasteiger partial charge on any atom is -0.443 e. The van der Waals surface area contributed by atoms with Gasteiger partial charge in [-0.05, 0) is 77.9 Å². The zero-order valence-corrected chi connectivity index (χ0v) is 17.5. The highest BCUT2D eigenvalue weighted by molar-refractivity contribution is 5.92. The normalized spacial score (nSPS) is 19.9. The molecule has 6 nitrogen and oxygen atoms in total. The maximum absolute atomic E-state index is 12.6. The highest BCUT2D eigenvalue weighted by Crippen LogP contribution is 2.25. The van der Waals surface area contributed by atoms with E-state index in [1.54, 1.807) is 6.07 Å². The van der Waals surface area contributed by atoms with Crippen LogP contribution in [0.25, 0.3) is 10.9 Å². The second kappa shape index (κ2) is 7.94. The minimum atomic E-state index is -0.615. The van der Waals surface area contributed by atoms with Crippen molar-refractivity contribution >= 4 is 17.0 Å². The molecule has 6 heteroatoms. The molecule has 28 heavy (non-hydrogen) atoms. The Morgan fingerprint density at radius 3 is 2.68 bits per heavy atom. The van der Waals surface area contributed by atoms with E-state index in [1.165, 1.54) is 23.8 Å². The van der Waals surface area contributed by atoms with E-state index in [2.05, 4.69) is 30.4 Å². The molecule has 1 N–H and O–H groups in total. The number of nitrogens with one attached hydrogen (secondary N) is 1. The van der Waals surface area contributed by atoms with E-state index in [9.17, 15) is 10.1 Å². The maximum Gasteiger partial charge on any atom is 0.420 e. The molecule has 0 saturated heterocycles. The number of carbonyl (C=O) groups excluding carboxylic acids is 1. The molecule has 1 fully saturated rings. The second-order valence-corrected chi connectivity index (χ2v) is 8.86. The van der Waals surface area contributed by atoms with E-state index in [0.717, 1.165) is 17.5 Å². The molecule has 1 saturated carbocycles. The summed E-state index contributed by atoms with van der Waals surface area (Å²) in [5.41, 5.74) is 1.52. The van der Waals surface area contributed by atoms with Crippen molar-refractivity contribution in [3.63, 3.8) is 0 Å². The summed E-state index contributed by atoms with van der Waals surface area (Å²) < 4.78 is 6.82. The quantitative estimate of drug-likeness (QED) is 0.869. The first-order chi connectivity index (χ1) is 13.2. The molecule has 0 aliphatic heterocycles. The number of fused-ring (bicyclic) bond motifs is 1. The summed E-state index contributed by atoms with van der Waals surface area (Å²) in [4.78, 5) is 14.9. The van der Waals surface area contributed by atoms with Gasteiger partial charge in [0.05, 0.1) is 5.52 Å². The summed E-state index contributed by atoms with van der Waals surface area (Å²) >= 11 is 0. The van der Waals surface area contributed by atoms with Crippen LogP contribution in [-0.2, 0) is 11.3 Å². The summed E-state index contributed by atoms with van der Waals surface area (Å²) in [6, 6.07) is 11.0. The van der Waals surface area contributed by atoms with Crippen LogP contribution in [0.5, 0.6) is 0 Å². The van der Waals surface area contributed by atoms with Gasteiger partial charge in [0.2, 0.25) is 0 Å². The van der Waals surface area contributed by atoms with Crippen molar-refractivity contribution in [1.82, 2.24) is 14.8 Å². The number of carbonyl (C=O) groups is 1. The van der Waals surface area contributed by atoms with E-state index < -0.39 is 11.7 Å². The van der Waals surface area contributed by atoms with Gasteiger partial charge in [0, 0.05) is 24.0 Å². The van der Waals surface area contributed by atoms with Crippen LogP contribution in [0.2, 0.25) is 0 Å². The number of nitrogens with zero attached hydrogens (tertiary/aromatic N) is 3. The van der Waals surface area contributed by atoms with Crippen molar-refractivity contribution in [1.29, 1.82) is 5.26 Å². The molecule has 0 bridgehead atoms. The Balaban J connectivity index is 1.76. The van der Waals surface area contributed by atoms with Crippen LogP contribution in [0.15, 0.2) is 24.3 Å². The Morgan fingerprint density at radius 1 is 1.32 bits per heavy atom. The van der Waals surface area contributed by atoms with Crippen LogP contribution in [0, 0.1) is 11.3 Å². The number of nitriles is 1. The van der Waals surface area contributed by atoms with Crippen molar-refractivity contribution in [3.8, 4) is 6.07 Å². The summed E-state index contributed by atoms with van der Waals surface area (Å²) in [5.74, 6) is 0. The van der Waals surface area contributed by atoms with Crippen molar-refractivity contribution in [2.45, 2.75) is 64.3 Å². The van der Waals surface area contributed by atoms with E-state index in [4.69, 9.17) is 4.74 Å². The summed E-state index contributed by atoms with van der Waals surface area (Å²) in [5, 5.41) is 14.0. The van der Waals surface area contributed by atoms with Gasteiger partial charge >= 0.3 is 6.09 Å². The first-order valence-electron chi connectivity index (χ1n) is 9.85. The van der Waals surface area contributed by atoms with Gasteiger partial charge in [0.1, 0.15) is 17.4 Å². The topological polar surface area (TPSA) is 70.3 Å². The van der Waals surface area contributed by atoms with Crippen molar-refractivity contribution < 1.29 is 9.53 Å². The van der Waals surface area contributed by atoms with Gasteiger partial charge < -0.3 is 15.0 Å². The summed E-state index contributed by atoms with van der Waals surface area (Å²) in [7, 11) is 4.28. The molecule has 2 atom stereocenters. The SMILES string of the molecule is CN(C)[C@@H]1CC[C@H](NCc2ccc3c(c2)cc(C#N)n3C(=O)OC(C)(C)C)C1. The van der Waals surface area contributed by atoms with E-state index in [0.29, 0.717) is 23.3 Å². The van der Waals surface area contributed by atoms with Gasteiger partial charge in [0.15, 0.2) is 0 Å². The van der Waals surface area contributed by atoms with Crippen molar-refractivity contribution in [2.75, 3.05) is 14.1 Å². The molecule has 1 aromatic heterocycles. The van der Waals surface area contributed by atoms with Crippen LogP contribution in [0.3, 0.4) is 0 Å². The van der Waals surface area contributed by atoms with Gasteiger partial charge in [-0.15, -0.1) is 0 Å². The third-order valence-electron chi connectivity index (χ3n) is 5.29. The summed E-state index contributed by atoms with van der Waals surface area (Å²) in [6.45, 7) is 6.23. The van der Waals surface area contributed by atoms with E-state index in [-0.39, 0.29) is 0 Å². The van der Waals surface area contributed by atoms with Gasteiger partial charge in [-0.25, -0.2) is 9.36 Å². The lowest BCUT2D eigenvalue weighted by atomic mass is 10.1. The number of ether oxygens (including phenoxy) is 1. The fraction of sp³-hybridized carbons (Fsp3) is 0.545. The van der Waals surface area contributed by atoms with Crippen LogP contribution < -0.4 is 5.32 Å². The van der Waals surface area contributed by atoms with Crippen LogP contribution in [0.1, 0.15) is 51.3 Å². The standard InChI is InChI=1S/C22H30N4O2/c1-22(2,3)28-21(27)26-19(13-23)11-16-10-15(6-9-20(16)26)14-24-17-7-8-18(12-17)25(4)5/h6,9-11,17-18,24H,7-8,12,14H2,1-5H3/t17-,18+/m0/s1. The van der Waals surface area contributed by atoms with Crippen LogP contribution >= 0.6 is 0 Å². The largest absolute Gasteiger partial charge is 0.443 e. The highest BCUT2D eigenvalue weighted by Gasteiger charge is 2.26. The predicted molar refractivity (Wildman–Crippen MR) is 110 cm³/mol. The van der Waals surface area contributed by atoms with Crippen molar-refractivity contribution in [3.05, 3.63) is 35.5 Å². The monoisotopic (exact) mass is 382 g/mol. The number of benzene rings is 1. The van der Waals surface area contributed by atoms with Crippen molar-refractivity contribution in [2.24, 2.45) is 0 Å². The average Bonchev–Trinajstić information content (AvgIpc) is 3.22. The fourth-order valence-corrected chi connectivity index (χ4v) is 3.84. The molecule has 1 heterocycles. The van der Waals surface area contributed by atoms with Crippen LogP contribution in [0.4, 0.5) is 4.79 Å².